The molecule has 0 unspecified atom stereocenters. The van der Waals surface area contributed by atoms with E-state index in [0.717, 1.165) is 0 Å². The second-order valence-corrected chi connectivity index (χ2v) is 6.50. The van der Waals surface area contributed by atoms with Crippen LogP contribution in [-0.4, -0.2) is 14.2 Å². The molecule has 0 spiro atoms. The molecule has 0 N–H and O–H groups in total. The molecule has 156 valence electrons. The molecule has 0 saturated heterocycles. The van der Waals surface area contributed by atoms with Crippen molar-refractivity contribution in [3.8, 4) is 46.0 Å². The lowest BCUT2D eigenvalue weighted by molar-refractivity contribution is 0.357. The molecule has 5 heteroatoms. The molecule has 4 aromatic rings. The van der Waals surface area contributed by atoms with E-state index >= 15 is 0 Å². The molecule has 4 aromatic carbocycles. The second kappa shape index (κ2) is 9.59. The maximum Gasteiger partial charge on any atom is 0.170 e. The van der Waals surface area contributed by atoms with Crippen molar-refractivity contribution in [1.29, 1.82) is 0 Å². The van der Waals surface area contributed by atoms with Gasteiger partial charge in [-0.2, -0.15) is 0 Å². The molecule has 0 fully saturated rings. The van der Waals surface area contributed by atoms with Crippen molar-refractivity contribution in [1.82, 2.24) is 0 Å². The number of hydrogen-bond acceptors (Lipinski definition) is 5. The molecule has 4 rings (SSSR count). The van der Waals surface area contributed by atoms with Crippen LogP contribution in [0.4, 0.5) is 0 Å². The predicted octanol–water partition coefficient (Wildman–Crippen LogP) is 7.08. The average Bonchev–Trinajstić information content (AvgIpc) is 2.82. The van der Waals surface area contributed by atoms with Crippen molar-refractivity contribution in [3.05, 3.63) is 97.1 Å². The first-order chi connectivity index (χ1) is 15.3. The molecule has 0 bridgehead atoms. The van der Waals surface area contributed by atoms with Crippen LogP contribution in [0.1, 0.15) is 0 Å². The maximum absolute atomic E-state index is 6.20. The van der Waals surface area contributed by atoms with Crippen molar-refractivity contribution in [2.75, 3.05) is 14.2 Å². The summed E-state index contributed by atoms with van der Waals surface area (Å²) in [5.74, 6) is 4.67. The first kappa shape index (κ1) is 20.2. The first-order valence-corrected chi connectivity index (χ1v) is 9.76. The molecule has 5 nitrogen and oxygen atoms in total. The molecule has 0 aliphatic carbocycles. The van der Waals surface area contributed by atoms with Gasteiger partial charge in [0.2, 0.25) is 0 Å². The zero-order valence-corrected chi connectivity index (χ0v) is 17.3. The lowest BCUT2D eigenvalue weighted by Crippen LogP contribution is -1.95. The van der Waals surface area contributed by atoms with Crippen molar-refractivity contribution >= 4 is 0 Å². The van der Waals surface area contributed by atoms with Crippen LogP contribution >= 0.6 is 0 Å². The fourth-order valence-corrected chi connectivity index (χ4v) is 3.00. The zero-order chi connectivity index (χ0) is 21.5. The molecule has 0 aliphatic rings. The van der Waals surface area contributed by atoms with Crippen LogP contribution in [0.2, 0.25) is 0 Å². The zero-order valence-electron chi connectivity index (χ0n) is 17.3. The van der Waals surface area contributed by atoms with Crippen molar-refractivity contribution in [2.45, 2.75) is 0 Å². The largest absolute Gasteiger partial charge is 0.493 e. The highest BCUT2D eigenvalue weighted by atomic mass is 16.6. The van der Waals surface area contributed by atoms with E-state index in [2.05, 4.69) is 0 Å². The average molecular weight is 414 g/mol. The minimum atomic E-state index is 0.546. The summed E-state index contributed by atoms with van der Waals surface area (Å²) in [7, 11) is 3.21. The van der Waals surface area contributed by atoms with Gasteiger partial charge in [-0.3, -0.25) is 0 Å². The summed E-state index contributed by atoms with van der Waals surface area (Å²) in [6.45, 7) is 0. The van der Waals surface area contributed by atoms with Crippen molar-refractivity contribution < 1.29 is 23.7 Å². The molecule has 0 radical (unpaired) electrons. The minimum Gasteiger partial charge on any atom is -0.493 e. The number of ether oxygens (including phenoxy) is 5. The number of hydrogen-bond donors (Lipinski definition) is 0. The Kier molecular flexibility index (Phi) is 6.24. The van der Waals surface area contributed by atoms with E-state index in [0.29, 0.717) is 46.0 Å². The summed E-state index contributed by atoms with van der Waals surface area (Å²) in [5, 5.41) is 0. The molecule has 31 heavy (non-hydrogen) atoms. The highest BCUT2D eigenvalue weighted by Crippen LogP contribution is 2.42. The van der Waals surface area contributed by atoms with Gasteiger partial charge in [0.15, 0.2) is 46.0 Å². The monoisotopic (exact) mass is 414 g/mol. The Morgan fingerprint density at radius 3 is 0.742 bits per heavy atom. The van der Waals surface area contributed by atoms with E-state index in [-0.39, 0.29) is 0 Å². The summed E-state index contributed by atoms with van der Waals surface area (Å²) in [4.78, 5) is 0. The van der Waals surface area contributed by atoms with Gasteiger partial charge in [-0.15, -0.1) is 0 Å². The third kappa shape index (κ3) is 4.73. The highest BCUT2D eigenvalue weighted by molar-refractivity contribution is 5.52. The van der Waals surface area contributed by atoms with Crippen LogP contribution in [0.5, 0.6) is 46.0 Å². The van der Waals surface area contributed by atoms with Crippen molar-refractivity contribution in [3.63, 3.8) is 0 Å². The third-order valence-corrected chi connectivity index (χ3v) is 4.50. The van der Waals surface area contributed by atoms with Gasteiger partial charge in [-0.25, -0.2) is 0 Å². The fourth-order valence-electron chi connectivity index (χ4n) is 3.00. The van der Waals surface area contributed by atoms with Crippen LogP contribution in [-0.2, 0) is 0 Å². The standard InChI is InChI=1S/C26H22O5/c1-27-19-11-3-5-13-21(19)29-23-15-7-9-17-25(23)31-26-18-10-8-16-24(26)30-22-14-6-4-12-20(22)28-2/h3-18H,1-2H3. The Bertz CT molecular complexity index is 1060. The summed E-state index contributed by atoms with van der Waals surface area (Å²) in [5.41, 5.74) is 0. The summed E-state index contributed by atoms with van der Waals surface area (Å²) < 4.78 is 29.1. The molecular formula is C26H22O5. The smallest absolute Gasteiger partial charge is 0.170 e. The van der Waals surface area contributed by atoms with Crippen molar-refractivity contribution in [2.24, 2.45) is 0 Å². The number of para-hydroxylation sites is 8. The number of benzene rings is 4. The van der Waals surface area contributed by atoms with Crippen LogP contribution in [0, 0.1) is 0 Å². The van der Waals surface area contributed by atoms with E-state index in [4.69, 9.17) is 23.7 Å². The first-order valence-electron chi connectivity index (χ1n) is 9.76. The Labute approximate surface area is 181 Å². The number of methoxy groups -OCH3 is 2. The Hall–Kier alpha value is -4.12. The highest BCUT2D eigenvalue weighted by Gasteiger charge is 2.14. The van der Waals surface area contributed by atoms with Crippen LogP contribution in [0.25, 0.3) is 0 Å². The van der Waals surface area contributed by atoms with Crippen LogP contribution in [0.15, 0.2) is 97.1 Å². The molecule has 0 aromatic heterocycles. The summed E-state index contributed by atoms with van der Waals surface area (Å²) >= 11 is 0. The summed E-state index contributed by atoms with van der Waals surface area (Å²) in [6, 6.07) is 29.8. The van der Waals surface area contributed by atoms with Gasteiger partial charge in [-0.1, -0.05) is 48.5 Å². The van der Waals surface area contributed by atoms with E-state index in [9.17, 15) is 0 Å². The van der Waals surface area contributed by atoms with Gasteiger partial charge < -0.3 is 23.7 Å². The van der Waals surface area contributed by atoms with E-state index in [1.807, 2.05) is 97.1 Å². The van der Waals surface area contributed by atoms with E-state index in [1.165, 1.54) is 0 Å². The Balaban J connectivity index is 1.62. The maximum atomic E-state index is 6.20. The Morgan fingerprint density at radius 2 is 0.516 bits per heavy atom. The Morgan fingerprint density at radius 1 is 0.323 bits per heavy atom. The molecule has 0 atom stereocenters. The fraction of sp³-hybridized carbons (Fsp3) is 0.0769. The van der Waals surface area contributed by atoms with Gasteiger partial charge in [0.25, 0.3) is 0 Å². The molecule has 0 saturated carbocycles. The lowest BCUT2D eigenvalue weighted by atomic mass is 10.2. The van der Waals surface area contributed by atoms with Crippen LogP contribution < -0.4 is 23.7 Å². The van der Waals surface area contributed by atoms with E-state index < -0.39 is 0 Å². The molecule has 0 aliphatic heterocycles. The number of rotatable bonds is 8. The van der Waals surface area contributed by atoms with Gasteiger partial charge in [0.1, 0.15) is 0 Å². The lowest BCUT2D eigenvalue weighted by Gasteiger charge is -2.16. The second-order valence-electron chi connectivity index (χ2n) is 6.50. The quantitative estimate of drug-likeness (QED) is 0.308. The topological polar surface area (TPSA) is 46.2 Å². The minimum absolute atomic E-state index is 0.546. The predicted molar refractivity (Wildman–Crippen MR) is 119 cm³/mol. The third-order valence-electron chi connectivity index (χ3n) is 4.50. The van der Waals surface area contributed by atoms with Crippen LogP contribution in [0.3, 0.4) is 0 Å². The molecule has 0 heterocycles. The SMILES string of the molecule is COc1ccccc1Oc1ccccc1Oc1ccccc1Oc1ccccc1OC. The molecular weight excluding hydrogens is 392 g/mol. The van der Waals surface area contributed by atoms with Gasteiger partial charge in [0, 0.05) is 0 Å². The molecule has 0 amide bonds. The van der Waals surface area contributed by atoms with Gasteiger partial charge >= 0.3 is 0 Å². The van der Waals surface area contributed by atoms with E-state index in [1.54, 1.807) is 14.2 Å². The summed E-state index contributed by atoms with van der Waals surface area (Å²) in [6.07, 6.45) is 0. The van der Waals surface area contributed by atoms with Gasteiger partial charge in [0.05, 0.1) is 14.2 Å². The van der Waals surface area contributed by atoms with Gasteiger partial charge in [-0.05, 0) is 48.5 Å². The normalized spacial score (nSPS) is 10.3.